The predicted octanol–water partition coefficient (Wildman–Crippen LogP) is 6.44. The number of hydrogen-bond donors (Lipinski definition) is 0. The maximum Gasteiger partial charge on any atom is 0.416 e. The highest BCUT2D eigenvalue weighted by molar-refractivity contribution is 9.10. The van der Waals surface area contributed by atoms with Crippen molar-refractivity contribution in [3.8, 4) is 5.69 Å². The first kappa shape index (κ1) is 21.5. The molecule has 0 radical (unpaired) electrons. The van der Waals surface area contributed by atoms with Crippen LogP contribution in [-0.4, -0.2) is 26.9 Å². The number of rotatable bonds is 6. The predicted molar refractivity (Wildman–Crippen MR) is 120 cm³/mol. The summed E-state index contributed by atoms with van der Waals surface area (Å²) < 4.78 is 43.2. The summed E-state index contributed by atoms with van der Waals surface area (Å²) in [6.07, 6.45) is 1.32. The minimum absolute atomic E-state index is 0.00789. The standard InChI is InChI=1S/C24H23BrF3N3O/c1-2-30(23(32)15-5-6-15)12-16-11-17(24(26,27)28)7-10-21(16)31-13-19(25)18-8-9-20(14-3-4-14)29-22(18)31/h7-11,13-15H,2-6,12H2,1H3. The molecule has 5 rings (SSSR count). The van der Waals surface area contributed by atoms with E-state index in [4.69, 9.17) is 4.98 Å². The summed E-state index contributed by atoms with van der Waals surface area (Å²) in [4.78, 5) is 19.2. The van der Waals surface area contributed by atoms with E-state index in [1.54, 1.807) is 4.90 Å². The molecule has 2 aliphatic rings. The van der Waals surface area contributed by atoms with Crippen molar-refractivity contribution in [3.63, 3.8) is 0 Å². The number of nitrogens with zero attached hydrogens (tertiary/aromatic N) is 3. The number of hydrogen-bond acceptors (Lipinski definition) is 2. The van der Waals surface area contributed by atoms with Crippen molar-refractivity contribution < 1.29 is 18.0 Å². The average Bonchev–Trinajstić information content (AvgIpc) is 3.68. The van der Waals surface area contributed by atoms with Crippen molar-refractivity contribution in [1.29, 1.82) is 0 Å². The van der Waals surface area contributed by atoms with Gasteiger partial charge in [-0.15, -0.1) is 0 Å². The summed E-state index contributed by atoms with van der Waals surface area (Å²) in [7, 11) is 0. The van der Waals surface area contributed by atoms with Crippen LogP contribution in [0.15, 0.2) is 41.0 Å². The van der Waals surface area contributed by atoms with Crippen molar-refractivity contribution in [2.45, 2.75) is 51.2 Å². The van der Waals surface area contributed by atoms with E-state index in [-0.39, 0.29) is 18.4 Å². The molecule has 2 fully saturated rings. The Hall–Kier alpha value is -2.35. The van der Waals surface area contributed by atoms with E-state index in [0.29, 0.717) is 29.4 Å². The Morgan fingerprint density at radius 3 is 2.56 bits per heavy atom. The van der Waals surface area contributed by atoms with Gasteiger partial charge in [-0.25, -0.2) is 4.98 Å². The molecule has 32 heavy (non-hydrogen) atoms. The van der Waals surface area contributed by atoms with Gasteiger partial charge in [-0.3, -0.25) is 9.36 Å². The van der Waals surface area contributed by atoms with Crippen LogP contribution < -0.4 is 0 Å². The molecular weight excluding hydrogens is 483 g/mol. The molecule has 0 aliphatic heterocycles. The first-order valence-electron chi connectivity index (χ1n) is 10.9. The Balaban J connectivity index is 1.63. The van der Waals surface area contributed by atoms with Crippen LogP contribution in [-0.2, 0) is 17.5 Å². The molecule has 8 heteroatoms. The van der Waals surface area contributed by atoms with Gasteiger partial charge in [-0.2, -0.15) is 13.2 Å². The molecule has 2 aromatic heterocycles. The number of alkyl halides is 3. The van der Waals surface area contributed by atoms with E-state index in [1.165, 1.54) is 12.1 Å². The van der Waals surface area contributed by atoms with E-state index in [9.17, 15) is 18.0 Å². The minimum atomic E-state index is -4.46. The third kappa shape index (κ3) is 4.05. The Morgan fingerprint density at radius 1 is 1.19 bits per heavy atom. The smallest absolute Gasteiger partial charge is 0.338 e. The molecule has 0 saturated heterocycles. The highest BCUT2D eigenvalue weighted by atomic mass is 79.9. The van der Waals surface area contributed by atoms with Gasteiger partial charge in [0.05, 0.1) is 11.3 Å². The lowest BCUT2D eigenvalue weighted by molar-refractivity contribution is -0.137. The lowest BCUT2D eigenvalue weighted by atomic mass is 10.1. The van der Waals surface area contributed by atoms with Crippen LogP contribution >= 0.6 is 15.9 Å². The molecule has 168 valence electrons. The molecular formula is C24H23BrF3N3O. The molecule has 1 amide bonds. The molecule has 0 unspecified atom stereocenters. The lowest BCUT2D eigenvalue weighted by Crippen LogP contribution is -2.32. The van der Waals surface area contributed by atoms with Gasteiger partial charge < -0.3 is 4.90 Å². The van der Waals surface area contributed by atoms with Crippen LogP contribution in [0.5, 0.6) is 0 Å². The van der Waals surface area contributed by atoms with E-state index in [2.05, 4.69) is 15.9 Å². The van der Waals surface area contributed by atoms with Gasteiger partial charge in [0.25, 0.3) is 0 Å². The van der Waals surface area contributed by atoms with E-state index in [1.807, 2.05) is 29.8 Å². The first-order valence-corrected chi connectivity index (χ1v) is 11.7. The molecule has 2 heterocycles. The largest absolute Gasteiger partial charge is 0.416 e. The molecule has 0 N–H and O–H groups in total. The molecule has 1 aromatic carbocycles. The van der Waals surface area contributed by atoms with E-state index >= 15 is 0 Å². The van der Waals surface area contributed by atoms with Crippen molar-refractivity contribution >= 4 is 32.9 Å². The summed E-state index contributed by atoms with van der Waals surface area (Å²) in [5.41, 5.74) is 2.07. The van der Waals surface area contributed by atoms with E-state index in [0.717, 1.165) is 47.3 Å². The van der Waals surface area contributed by atoms with Crippen molar-refractivity contribution in [2.24, 2.45) is 5.92 Å². The third-order valence-electron chi connectivity index (χ3n) is 6.27. The zero-order valence-corrected chi connectivity index (χ0v) is 19.2. The number of aromatic nitrogens is 2. The number of carbonyl (C=O) groups is 1. The SMILES string of the molecule is CCN(Cc1cc(C(F)(F)F)ccc1-n1cc(Br)c2ccc(C3CC3)nc21)C(=O)C1CC1. The van der Waals surface area contributed by atoms with Crippen LogP contribution in [0.3, 0.4) is 0 Å². The Morgan fingerprint density at radius 2 is 1.94 bits per heavy atom. The van der Waals surface area contributed by atoms with Gasteiger partial charge in [0.2, 0.25) is 5.91 Å². The third-order valence-corrected chi connectivity index (χ3v) is 6.90. The number of benzene rings is 1. The topological polar surface area (TPSA) is 38.1 Å². The summed E-state index contributed by atoms with van der Waals surface area (Å²) in [5, 5.41) is 0.904. The molecule has 3 aromatic rings. The first-order chi connectivity index (χ1) is 15.3. The van der Waals surface area contributed by atoms with E-state index < -0.39 is 11.7 Å². The van der Waals surface area contributed by atoms with Gasteiger partial charge in [-0.1, -0.05) is 0 Å². The normalized spacial score (nSPS) is 16.5. The maximum absolute atomic E-state index is 13.5. The highest BCUT2D eigenvalue weighted by Crippen LogP contribution is 2.41. The second-order valence-electron chi connectivity index (χ2n) is 8.70. The van der Waals surface area contributed by atoms with Gasteiger partial charge in [0, 0.05) is 46.7 Å². The molecule has 0 atom stereocenters. The van der Waals surface area contributed by atoms with Crippen molar-refractivity contribution in [1.82, 2.24) is 14.5 Å². The Labute approximate surface area is 192 Å². The second kappa shape index (κ2) is 7.90. The van der Waals surface area contributed by atoms with Crippen LogP contribution in [0.2, 0.25) is 0 Å². The Bertz CT molecular complexity index is 1200. The zero-order chi connectivity index (χ0) is 22.6. The zero-order valence-electron chi connectivity index (χ0n) is 17.6. The van der Waals surface area contributed by atoms with Crippen LogP contribution in [0, 0.1) is 5.92 Å². The van der Waals surface area contributed by atoms with Gasteiger partial charge in [0.1, 0.15) is 5.65 Å². The summed E-state index contributed by atoms with van der Waals surface area (Å²) in [6.45, 7) is 2.44. The average molecular weight is 506 g/mol. The highest BCUT2D eigenvalue weighted by Gasteiger charge is 2.35. The van der Waals surface area contributed by atoms with Gasteiger partial charge >= 0.3 is 6.18 Å². The van der Waals surface area contributed by atoms with Gasteiger partial charge in [0.15, 0.2) is 0 Å². The number of pyridine rings is 1. The van der Waals surface area contributed by atoms with Gasteiger partial charge in [-0.05, 0) is 84.4 Å². The molecule has 2 saturated carbocycles. The van der Waals surface area contributed by atoms with Crippen LogP contribution in [0.4, 0.5) is 13.2 Å². The Kier molecular flexibility index (Phi) is 5.31. The fourth-order valence-corrected chi connectivity index (χ4v) is 4.64. The van der Waals surface area contributed by atoms with Crippen LogP contribution in [0.1, 0.15) is 55.3 Å². The van der Waals surface area contributed by atoms with Crippen molar-refractivity contribution in [3.05, 3.63) is 57.8 Å². The molecule has 4 nitrogen and oxygen atoms in total. The molecule has 2 aliphatic carbocycles. The molecule has 0 spiro atoms. The monoisotopic (exact) mass is 505 g/mol. The lowest BCUT2D eigenvalue weighted by Gasteiger charge is -2.24. The number of carbonyl (C=O) groups excluding carboxylic acids is 1. The molecule has 0 bridgehead atoms. The minimum Gasteiger partial charge on any atom is -0.338 e. The maximum atomic E-state index is 13.5. The summed E-state index contributed by atoms with van der Waals surface area (Å²) in [5.74, 6) is 0.484. The van der Waals surface area contributed by atoms with Crippen LogP contribution in [0.25, 0.3) is 16.7 Å². The summed E-state index contributed by atoms with van der Waals surface area (Å²) in [6, 6.07) is 7.79. The number of amides is 1. The fourth-order valence-electron chi connectivity index (χ4n) is 4.13. The summed E-state index contributed by atoms with van der Waals surface area (Å²) >= 11 is 3.57. The fraction of sp³-hybridized carbons (Fsp3) is 0.417. The number of fused-ring (bicyclic) bond motifs is 1. The number of halogens is 4. The quantitative estimate of drug-likeness (QED) is 0.386. The second-order valence-corrected chi connectivity index (χ2v) is 9.55. The van der Waals surface area contributed by atoms with Crippen molar-refractivity contribution in [2.75, 3.05) is 6.54 Å².